The first-order valence-corrected chi connectivity index (χ1v) is 7.62. The molecule has 2 rings (SSSR count). The van der Waals surface area contributed by atoms with Crippen LogP contribution in [-0.2, 0) is 17.3 Å². The Labute approximate surface area is 110 Å². The van der Waals surface area contributed by atoms with Crippen molar-refractivity contribution >= 4 is 10.8 Å². The number of hydrogen-bond donors (Lipinski definition) is 2. The number of phenols is 1. The molecule has 0 aromatic heterocycles. The van der Waals surface area contributed by atoms with Crippen LogP contribution < -0.4 is 10.1 Å². The van der Waals surface area contributed by atoms with Crippen LogP contribution in [0.5, 0.6) is 11.5 Å². The highest BCUT2D eigenvalue weighted by Gasteiger charge is 2.17. The van der Waals surface area contributed by atoms with Crippen LogP contribution in [0.3, 0.4) is 0 Å². The van der Waals surface area contributed by atoms with Crippen molar-refractivity contribution in [2.75, 3.05) is 18.6 Å². The van der Waals surface area contributed by atoms with E-state index in [0.29, 0.717) is 11.8 Å². The maximum atomic E-state index is 11.2. The number of rotatable bonds is 4. The SMILES string of the molecule is COc1cc(CNC2CCS(=O)CC2)ccc1O. The van der Waals surface area contributed by atoms with Crippen molar-refractivity contribution < 1.29 is 14.1 Å². The molecule has 100 valence electrons. The molecule has 1 fully saturated rings. The van der Waals surface area contributed by atoms with Gasteiger partial charge in [-0.15, -0.1) is 0 Å². The number of methoxy groups -OCH3 is 1. The summed E-state index contributed by atoms with van der Waals surface area (Å²) in [6, 6.07) is 5.81. The maximum Gasteiger partial charge on any atom is 0.160 e. The van der Waals surface area contributed by atoms with Gasteiger partial charge in [0.1, 0.15) is 0 Å². The van der Waals surface area contributed by atoms with Gasteiger partial charge >= 0.3 is 0 Å². The van der Waals surface area contributed by atoms with E-state index in [-0.39, 0.29) is 5.75 Å². The molecule has 1 aromatic carbocycles. The molecule has 18 heavy (non-hydrogen) atoms. The van der Waals surface area contributed by atoms with Crippen molar-refractivity contribution in [2.45, 2.75) is 25.4 Å². The Hall–Kier alpha value is -1.07. The van der Waals surface area contributed by atoms with Crippen LogP contribution >= 0.6 is 0 Å². The molecule has 0 aliphatic carbocycles. The van der Waals surface area contributed by atoms with E-state index < -0.39 is 10.8 Å². The van der Waals surface area contributed by atoms with Gasteiger partial charge in [-0.1, -0.05) is 6.07 Å². The lowest BCUT2D eigenvalue weighted by Crippen LogP contribution is -2.35. The van der Waals surface area contributed by atoms with E-state index in [0.717, 1.165) is 36.5 Å². The molecule has 1 aliphatic rings. The predicted octanol–water partition coefficient (Wildman–Crippen LogP) is 1.40. The fourth-order valence-corrected chi connectivity index (χ4v) is 3.39. The zero-order valence-corrected chi connectivity index (χ0v) is 11.3. The zero-order valence-electron chi connectivity index (χ0n) is 10.5. The van der Waals surface area contributed by atoms with Crippen LogP contribution in [0.1, 0.15) is 18.4 Å². The van der Waals surface area contributed by atoms with Crippen LogP contribution in [0.15, 0.2) is 18.2 Å². The van der Waals surface area contributed by atoms with Gasteiger partial charge < -0.3 is 15.2 Å². The summed E-state index contributed by atoms with van der Waals surface area (Å²) in [6.45, 7) is 0.744. The first-order valence-electron chi connectivity index (χ1n) is 6.13. The van der Waals surface area contributed by atoms with Crippen molar-refractivity contribution in [1.82, 2.24) is 5.32 Å². The number of nitrogens with one attached hydrogen (secondary N) is 1. The lowest BCUT2D eigenvalue weighted by atomic mass is 10.1. The molecule has 0 amide bonds. The van der Waals surface area contributed by atoms with Crippen molar-refractivity contribution in [3.63, 3.8) is 0 Å². The normalized spacial score (nSPS) is 23.8. The minimum atomic E-state index is -0.610. The molecule has 0 bridgehead atoms. The third kappa shape index (κ3) is 3.46. The maximum absolute atomic E-state index is 11.2. The van der Waals surface area contributed by atoms with Gasteiger partial charge in [0.15, 0.2) is 11.5 Å². The first-order chi connectivity index (χ1) is 8.69. The van der Waals surface area contributed by atoms with Gasteiger partial charge in [0.25, 0.3) is 0 Å². The third-order valence-corrected chi connectivity index (χ3v) is 4.61. The van der Waals surface area contributed by atoms with Crippen LogP contribution in [0.2, 0.25) is 0 Å². The van der Waals surface area contributed by atoms with Crippen molar-refractivity contribution in [2.24, 2.45) is 0 Å². The quantitative estimate of drug-likeness (QED) is 0.867. The minimum absolute atomic E-state index is 0.161. The van der Waals surface area contributed by atoms with E-state index in [1.165, 1.54) is 0 Å². The average molecular weight is 269 g/mol. The highest BCUT2D eigenvalue weighted by Crippen LogP contribution is 2.26. The molecule has 0 spiro atoms. The Balaban J connectivity index is 1.88. The van der Waals surface area contributed by atoms with Crippen LogP contribution in [0.25, 0.3) is 0 Å². The van der Waals surface area contributed by atoms with Gasteiger partial charge in [0.2, 0.25) is 0 Å². The van der Waals surface area contributed by atoms with E-state index in [4.69, 9.17) is 4.74 Å². The van der Waals surface area contributed by atoms with E-state index in [9.17, 15) is 9.32 Å². The summed E-state index contributed by atoms with van der Waals surface area (Å²) in [5.74, 6) is 2.26. The second-order valence-corrected chi connectivity index (χ2v) is 6.21. The number of hydrogen-bond acceptors (Lipinski definition) is 4. The topological polar surface area (TPSA) is 58.6 Å². The van der Waals surface area contributed by atoms with Gasteiger partial charge in [-0.3, -0.25) is 4.21 Å². The van der Waals surface area contributed by atoms with E-state index in [1.807, 2.05) is 12.1 Å². The minimum Gasteiger partial charge on any atom is -0.504 e. The van der Waals surface area contributed by atoms with Crippen molar-refractivity contribution in [1.29, 1.82) is 0 Å². The lowest BCUT2D eigenvalue weighted by molar-refractivity contribution is 0.372. The summed E-state index contributed by atoms with van der Waals surface area (Å²) in [7, 11) is 0.934. The van der Waals surface area contributed by atoms with Crippen molar-refractivity contribution in [3.8, 4) is 11.5 Å². The predicted molar refractivity (Wildman–Crippen MR) is 72.4 cm³/mol. The summed E-state index contributed by atoms with van der Waals surface area (Å²) in [5.41, 5.74) is 1.08. The van der Waals surface area contributed by atoms with Crippen LogP contribution in [-0.4, -0.2) is 34.0 Å². The second-order valence-electron chi connectivity index (χ2n) is 4.51. The second kappa shape index (κ2) is 6.20. The Morgan fingerprint density at radius 2 is 2.17 bits per heavy atom. The fourth-order valence-electron chi connectivity index (χ4n) is 2.09. The standard InChI is InChI=1S/C13H19NO3S/c1-17-13-8-10(2-3-12(13)15)9-14-11-4-6-18(16)7-5-11/h2-3,8,11,14-15H,4-7,9H2,1H3. The van der Waals surface area contributed by atoms with E-state index in [1.54, 1.807) is 13.2 Å². The molecule has 0 unspecified atom stereocenters. The number of benzene rings is 1. The van der Waals surface area contributed by atoms with E-state index in [2.05, 4.69) is 5.32 Å². The molecule has 4 nitrogen and oxygen atoms in total. The van der Waals surface area contributed by atoms with Crippen LogP contribution in [0.4, 0.5) is 0 Å². The van der Waals surface area contributed by atoms with Crippen LogP contribution in [0, 0.1) is 0 Å². The summed E-state index contributed by atoms with van der Waals surface area (Å²) < 4.78 is 16.3. The molecule has 1 aromatic rings. The number of ether oxygens (including phenoxy) is 1. The summed E-state index contributed by atoms with van der Waals surface area (Å²) in [5, 5.41) is 13.0. The number of phenolic OH excluding ortho intramolecular Hbond substituents is 1. The molecule has 0 radical (unpaired) electrons. The van der Waals surface area contributed by atoms with Gasteiger partial charge in [0.05, 0.1) is 7.11 Å². The fraction of sp³-hybridized carbons (Fsp3) is 0.538. The Morgan fingerprint density at radius 1 is 1.44 bits per heavy atom. The molecule has 1 aliphatic heterocycles. The molecule has 0 saturated carbocycles. The highest BCUT2D eigenvalue weighted by atomic mass is 32.2. The molecule has 0 atom stereocenters. The molecular formula is C13H19NO3S. The Kier molecular flexibility index (Phi) is 4.60. The van der Waals surface area contributed by atoms with Gasteiger partial charge in [-0.2, -0.15) is 0 Å². The smallest absolute Gasteiger partial charge is 0.160 e. The largest absolute Gasteiger partial charge is 0.504 e. The number of aromatic hydroxyl groups is 1. The summed E-state index contributed by atoms with van der Waals surface area (Å²) in [6.07, 6.45) is 1.95. The summed E-state index contributed by atoms with van der Waals surface area (Å²) >= 11 is 0. The van der Waals surface area contributed by atoms with Crippen molar-refractivity contribution in [3.05, 3.63) is 23.8 Å². The Morgan fingerprint density at radius 3 is 2.83 bits per heavy atom. The monoisotopic (exact) mass is 269 g/mol. The van der Waals surface area contributed by atoms with E-state index >= 15 is 0 Å². The molecular weight excluding hydrogens is 250 g/mol. The third-order valence-electron chi connectivity index (χ3n) is 3.23. The van der Waals surface area contributed by atoms with Gasteiger partial charge in [-0.05, 0) is 30.5 Å². The molecule has 2 N–H and O–H groups in total. The zero-order chi connectivity index (χ0) is 13.0. The molecule has 1 heterocycles. The Bertz CT molecular complexity index is 426. The average Bonchev–Trinajstić information content (AvgIpc) is 2.39. The lowest BCUT2D eigenvalue weighted by Gasteiger charge is -2.22. The van der Waals surface area contributed by atoms with Gasteiger partial charge in [0, 0.05) is 34.9 Å². The highest BCUT2D eigenvalue weighted by molar-refractivity contribution is 7.85. The molecule has 1 saturated heterocycles. The summed E-state index contributed by atoms with van der Waals surface area (Å²) in [4.78, 5) is 0. The molecule has 5 heteroatoms. The van der Waals surface area contributed by atoms with Gasteiger partial charge in [-0.25, -0.2) is 0 Å². The first kappa shape index (κ1) is 13.4.